The van der Waals surface area contributed by atoms with Crippen LogP contribution in [0.25, 0.3) is 10.9 Å². The number of para-hydroxylation sites is 1. The zero-order chi connectivity index (χ0) is 21.6. The highest BCUT2D eigenvalue weighted by atomic mass is 19.4. The molecule has 3 unspecified atom stereocenters. The van der Waals surface area contributed by atoms with E-state index in [2.05, 4.69) is 20.2 Å². The number of hydrogen-bond donors (Lipinski definition) is 2. The van der Waals surface area contributed by atoms with Crippen LogP contribution in [-0.4, -0.2) is 53.3 Å². The van der Waals surface area contributed by atoms with E-state index < -0.39 is 11.9 Å². The number of aromatic nitrogens is 2. The zero-order valence-electron chi connectivity index (χ0n) is 16.9. The predicted octanol–water partition coefficient (Wildman–Crippen LogP) is 4.22. The van der Waals surface area contributed by atoms with Crippen LogP contribution in [0.4, 0.5) is 19.0 Å². The molecule has 2 N–H and O–H groups in total. The van der Waals surface area contributed by atoms with E-state index in [4.69, 9.17) is 9.47 Å². The number of morpholine rings is 1. The van der Waals surface area contributed by atoms with Gasteiger partial charge in [-0.2, -0.15) is 13.2 Å². The molecule has 0 radical (unpaired) electrons. The smallest absolute Gasteiger partial charge is 0.431 e. The third-order valence-corrected chi connectivity index (χ3v) is 5.94. The van der Waals surface area contributed by atoms with Gasteiger partial charge < -0.3 is 19.8 Å². The van der Waals surface area contributed by atoms with Gasteiger partial charge in [0.1, 0.15) is 23.9 Å². The maximum Gasteiger partial charge on any atom is 0.431 e. The van der Waals surface area contributed by atoms with Crippen molar-refractivity contribution >= 4 is 16.7 Å². The van der Waals surface area contributed by atoms with Gasteiger partial charge in [-0.25, -0.2) is 4.98 Å². The van der Waals surface area contributed by atoms with Crippen LogP contribution in [0.5, 0.6) is 5.75 Å². The van der Waals surface area contributed by atoms with Gasteiger partial charge in [-0.1, -0.05) is 18.2 Å². The van der Waals surface area contributed by atoms with E-state index in [-0.39, 0.29) is 18.2 Å². The second-order valence-corrected chi connectivity index (χ2v) is 8.02. The Morgan fingerprint density at radius 2 is 2.06 bits per heavy atom. The molecule has 1 aromatic carbocycles. The van der Waals surface area contributed by atoms with Crippen LogP contribution < -0.4 is 10.1 Å². The molecule has 0 saturated carbocycles. The van der Waals surface area contributed by atoms with Crippen LogP contribution >= 0.6 is 0 Å². The largest absolute Gasteiger partial charge is 0.491 e. The summed E-state index contributed by atoms with van der Waals surface area (Å²) in [5.41, 5.74) is 0.564. The predicted molar refractivity (Wildman–Crippen MR) is 110 cm³/mol. The van der Waals surface area contributed by atoms with Crippen LogP contribution in [0, 0.1) is 0 Å². The van der Waals surface area contributed by atoms with E-state index in [0.29, 0.717) is 29.9 Å². The number of hydrogen-bond acceptors (Lipinski definition) is 5. The molecule has 1 fully saturated rings. The number of H-pyrrole nitrogens is 1. The Morgan fingerprint density at radius 3 is 2.87 bits per heavy atom. The molecule has 3 aromatic rings. The summed E-state index contributed by atoms with van der Waals surface area (Å²) in [6.45, 7) is 4.66. The lowest BCUT2D eigenvalue weighted by Gasteiger charge is -2.43. The highest BCUT2D eigenvalue weighted by Crippen LogP contribution is 2.39. The van der Waals surface area contributed by atoms with Crippen molar-refractivity contribution in [2.24, 2.45) is 0 Å². The molecular formula is C22H23F3N4O2. The van der Waals surface area contributed by atoms with Gasteiger partial charge in [0.05, 0.1) is 30.3 Å². The topological polar surface area (TPSA) is 62.4 Å². The minimum Gasteiger partial charge on any atom is -0.491 e. The zero-order valence-corrected chi connectivity index (χ0v) is 16.9. The van der Waals surface area contributed by atoms with Crippen LogP contribution in [0.1, 0.15) is 24.2 Å². The van der Waals surface area contributed by atoms with Crippen molar-refractivity contribution in [3.63, 3.8) is 0 Å². The van der Waals surface area contributed by atoms with Gasteiger partial charge >= 0.3 is 6.18 Å². The molecule has 5 rings (SSSR count). The van der Waals surface area contributed by atoms with Crippen molar-refractivity contribution in [3.05, 3.63) is 53.9 Å². The molecule has 3 atom stereocenters. The number of aromatic amines is 1. The third-order valence-electron chi connectivity index (χ3n) is 5.94. The summed E-state index contributed by atoms with van der Waals surface area (Å²) >= 11 is 0. The van der Waals surface area contributed by atoms with Crippen molar-refractivity contribution in [3.8, 4) is 5.75 Å². The number of halogens is 3. The van der Waals surface area contributed by atoms with Gasteiger partial charge in [0, 0.05) is 30.2 Å². The van der Waals surface area contributed by atoms with E-state index in [1.165, 1.54) is 6.20 Å². The molecule has 31 heavy (non-hydrogen) atoms. The molecule has 0 amide bonds. The first-order valence-corrected chi connectivity index (χ1v) is 10.3. The number of alkyl halides is 3. The summed E-state index contributed by atoms with van der Waals surface area (Å²) in [6, 6.07) is 10.2. The number of pyridine rings is 1. The second-order valence-electron chi connectivity index (χ2n) is 8.02. The quantitative estimate of drug-likeness (QED) is 0.649. The number of nitrogens with one attached hydrogen (secondary N) is 2. The lowest BCUT2D eigenvalue weighted by molar-refractivity contribution is -0.140. The fraction of sp³-hybridized carbons (Fsp3) is 0.409. The SMILES string of the molecule is CC1CN(C2COc3ccccc3C2Nc2nccc3[nH]c(C(F)(F)F)cc23)CCO1. The lowest BCUT2D eigenvalue weighted by atomic mass is 9.94. The van der Waals surface area contributed by atoms with E-state index in [1.807, 2.05) is 31.2 Å². The maximum absolute atomic E-state index is 13.2. The second kappa shape index (κ2) is 7.72. The summed E-state index contributed by atoms with van der Waals surface area (Å²) in [5.74, 6) is 1.19. The summed E-state index contributed by atoms with van der Waals surface area (Å²) in [6.07, 6.45) is -2.83. The molecule has 9 heteroatoms. The van der Waals surface area contributed by atoms with E-state index in [1.54, 1.807) is 6.07 Å². The number of fused-ring (bicyclic) bond motifs is 2. The normalized spacial score (nSPS) is 24.6. The first-order chi connectivity index (χ1) is 14.9. The number of nitrogens with zero attached hydrogens (tertiary/aromatic N) is 2. The van der Waals surface area contributed by atoms with Crippen molar-refractivity contribution in [2.75, 3.05) is 31.6 Å². The van der Waals surface area contributed by atoms with Crippen molar-refractivity contribution < 1.29 is 22.6 Å². The Hall–Kier alpha value is -2.78. The Bertz CT molecular complexity index is 1080. The monoisotopic (exact) mass is 432 g/mol. The highest BCUT2D eigenvalue weighted by molar-refractivity contribution is 5.90. The van der Waals surface area contributed by atoms with Gasteiger partial charge in [0.25, 0.3) is 0 Å². The fourth-order valence-electron chi connectivity index (χ4n) is 4.45. The minimum absolute atomic E-state index is 0.0145. The van der Waals surface area contributed by atoms with Crippen molar-refractivity contribution in [2.45, 2.75) is 31.3 Å². The third kappa shape index (κ3) is 3.83. The lowest BCUT2D eigenvalue weighted by Crippen LogP contribution is -2.54. The van der Waals surface area contributed by atoms with Crippen LogP contribution in [0.2, 0.25) is 0 Å². The van der Waals surface area contributed by atoms with E-state index in [0.717, 1.165) is 30.5 Å². The average molecular weight is 432 g/mol. The fourth-order valence-corrected chi connectivity index (χ4v) is 4.45. The van der Waals surface area contributed by atoms with Crippen molar-refractivity contribution in [1.29, 1.82) is 0 Å². The molecule has 0 bridgehead atoms. The number of ether oxygens (including phenoxy) is 2. The van der Waals surface area contributed by atoms with Crippen LogP contribution in [0.3, 0.4) is 0 Å². The van der Waals surface area contributed by atoms with Crippen molar-refractivity contribution in [1.82, 2.24) is 14.9 Å². The highest BCUT2D eigenvalue weighted by Gasteiger charge is 2.38. The summed E-state index contributed by atoms with van der Waals surface area (Å²) in [4.78, 5) is 9.16. The average Bonchev–Trinajstić information content (AvgIpc) is 3.20. The number of anilines is 1. The Labute approximate surface area is 177 Å². The van der Waals surface area contributed by atoms with E-state index >= 15 is 0 Å². The van der Waals surface area contributed by atoms with Gasteiger partial charge in [-0.15, -0.1) is 0 Å². The minimum atomic E-state index is -4.45. The van der Waals surface area contributed by atoms with Gasteiger partial charge in [0.15, 0.2) is 0 Å². The molecule has 2 aliphatic rings. The molecule has 0 spiro atoms. The molecule has 0 aliphatic carbocycles. The summed E-state index contributed by atoms with van der Waals surface area (Å²) in [7, 11) is 0. The molecule has 164 valence electrons. The Kier molecular flexibility index (Phi) is 5.02. The molecule has 1 saturated heterocycles. The van der Waals surface area contributed by atoms with Gasteiger partial charge in [0.2, 0.25) is 0 Å². The van der Waals surface area contributed by atoms with Gasteiger partial charge in [-0.3, -0.25) is 4.90 Å². The maximum atomic E-state index is 13.2. The van der Waals surface area contributed by atoms with Gasteiger partial charge in [-0.05, 0) is 25.1 Å². The van der Waals surface area contributed by atoms with Crippen LogP contribution in [0.15, 0.2) is 42.6 Å². The number of rotatable bonds is 3. The molecule has 6 nitrogen and oxygen atoms in total. The standard InChI is InChI=1S/C22H23F3N4O2/c1-13-11-29(8-9-30-13)17-12-31-18-5-3-2-4-14(18)20(17)28-21-15-10-19(22(23,24)25)27-16(15)6-7-26-21/h2-7,10,13,17,20,27H,8-9,11-12H2,1H3,(H,26,28). The van der Waals surface area contributed by atoms with Crippen LogP contribution in [-0.2, 0) is 10.9 Å². The molecule has 2 aromatic heterocycles. The molecular weight excluding hydrogens is 409 g/mol. The first kappa shape index (κ1) is 20.1. The summed E-state index contributed by atoms with van der Waals surface area (Å²) in [5, 5.41) is 3.86. The first-order valence-electron chi connectivity index (χ1n) is 10.3. The Morgan fingerprint density at radius 1 is 1.23 bits per heavy atom. The molecule has 4 heterocycles. The molecule has 2 aliphatic heterocycles. The number of benzene rings is 1. The van der Waals surface area contributed by atoms with E-state index in [9.17, 15) is 13.2 Å². The summed E-state index contributed by atoms with van der Waals surface area (Å²) < 4.78 is 51.5. The Balaban J connectivity index is 1.54.